The Morgan fingerprint density at radius 1 is 1.17 bits per heavy atom. The highest BCUT2D eigenvalue weighted by atomic mass is 31.1. The number of ether oxygens (including phenoxy) is 1. The maximum atomic E-state index is 13.8. The summed E-state index contributed by atoms with van der Waals surface area (Å²) in [5, 5.41) is 11.1. The number of carbonyl (C=O) groups is 1. The van der Waals surface area contributed by atoms with Crippen LogP contribution < -0.4 is 0 Å². The van der Waals surface area contributed by atoms with Gasteiger partial charge >= 0.3 is 5.97 Å². The number of aliphatic hydroxyl groups excluding tert-OH is 1. The Morgan fingerprint density at radius 3 is 2.40 bits per heavy atom. The lowest BCUT2D eigenvalue weighted by Gasteiger charge is -2.28. The molecular formula is C27H29FNO5P. The van der Waals surface area contributed by atoms with Crippen LogP contribution in [0.4, 0.5) is 4.39 Å². The molecule has 0 saturated heterocycles. The largest absolute Gasteiger partial charge is 0.435 e. The molecule has 0 fully saturated rings. The zero-order valence-electron chi connectivity index (χ0n) is 20.0. The van der Waals surface area contributed by atoms with E-state index in [4.69, 9.17) is 14.2 Å². The van der Waals surface area contributed by atoms with Gasteiger partial charge in [-0.1, -0.05) is 56.0 Å². The fourth-order valence-electron chi connectivity index (χ4n) is 4.24. The van der Waals surface area contributed by atoms with E-state index in [0.29, 0.717) is 28.8 Å². The Bertz CT molecular complexity index is 1210. The quantitative estimate of drug-likeness (QED) is 0.209. The first-order chi connectivity index (χ1) is 16.8. The third-order valence-corrected chi connectivity index (χ3v) is 7.40. The SMILES string of the molecule is C=COC(=O)CC(O)C(c1c(CC)nc(-c2ccccc2)c(C)c1-c1ccc(F)cc1)[PH](=O)OC. The molecule has 0 radical (unpaired) electrons. The topological polar surface area (TPSA) is 85.7 Å². The summed E-state index contributed by atoms with van der Waals surface area (Å²) in [7, 11) is -1.59. The molecule has 0 aliphatic heterocycles. The summed E-state index contributed by atoms with van der Waals surface area (Å²) in [6.45, 7) is 7.15. The number of aromatic nitrogens is 1. The molecule has 35 heavy (non-hydrogen) atoms. The number of rotatable bonds is 10. The van der Waals surface area contributed by atoms with Gasteiger partial charge in [0.25, 0.3) is 0 Å². The third-order valence-electron chi connectivity index (χ3n) is 5.81. The summed E-state index contributed by atoms with van der Waals surface area (Å²) >= 11 is 0. The van der Waals surface area contributed by atoms with Crippen LogP contribution in [0.5, 0.6) is 0 Å². The van der Waals surface area contributed by atoms with Crippen molar-refractivity contribution in [1.82, 2.24) is 4.98 Å². The lowest BCUT2D eigenvalue weighted by atomic mass is 9.87. The minimum absolute atomic E-state index is 0.393. The van der Waals surface area contributed by atoms with Crippen LogP contribution in [0, 0.1) is 12.7 Å². The molecule has 0 aliphatic carbocycles. The van der Waals surface area contributed by atoms with Crippen LogP contribution in [0.15, 0.2) is 67.4 Å². The van der Waals surface area contributed by atoms with Crippen LogP contribution in [0.2, 0.25) is 0 Å². The van der Waals surface area contributed by atoms with Crippen molar-refractivity contribution >= 4 is 14.0 Å². The van der Waals surface area contributed by atoms with Crippen molar-refractivity contribution < 1.29 is 28.1 Å². The summed E-state index contributed by atoms with van der Waals surface area (Å²) in [5.74, 6) is -1.11. The van der Waals surface area contributed by atoms with Crippen molar-refractivity contribution in [2.24, 2.45) is 0 Å². The van der Waals surface area contributed by atoms with Gasteiger partial charge in [-0.3, -0.25) is 14.3 Å². The number of esters is 1. The Hall–Kier alpha value is -3.12. The van der Waals surface area contributed by atoms with Gasteiger partial charge in [0.2, 0.25) is 8.03 Å². The van der Waals surface area contributed by atoms with Gasteiger partial charge in [-0.25, -0.2) is 4.39 Å². The van der Waals surface area contributed by atoms with Crippen LogP contribution >= 0.6 is 8.03 Å². The summed E-state index contributed by atoms with van der Waals surface area (Å²) in [6, 6.07) is 15.6. The van der Waals surface area contributed by atoms with Crippen molar-refractivity contribution in [2.75, 3.05) is 7.11 Å². The molecular weight excluding hydrogens is 468 g/mol. The van der Waals surface area contributed by atoms with Gasteiger partial charge in [-0.15, -0.1) is 0 Å². The van der Waals surface area contributed by atoms with E-state index in [9.17, 15) is 18.9 Å². The number of hydrogen-bond donors (Lipinski definition) is 1. The first kappa shape index (κ1) is 26.5. The predicted molar refractivity (Wildman–Crippen MR) is 135 cm³/mol. The summed E-state index contributed by atoms with van der Waals surface area (Å²) in [6.07, 6.45) is -0.349. The van der Waals surface area contributed by atoms with E-state index in [1.54, 1.807) is 12.1 Å². The summed E-state index contributed by atoms with van der Waals surface area (Å²) < 4.78 is 37.0. The van der Waals surface area contributed by atoms with Crippen molar-refractivity contribution in [3.8, 4) is 22.4 Å². The average molecular weight is 498 g/mol. The van der Waals surface area contributed by atoms with Gasteiger partial charge in [0, 0.05) is 18.4 Å². The Balaban J connectivity index is 2.34. The molecule has 3 atom stereocenters. The number of aliphatic hydroxyl groups is 1. The van der Waals surface area contributed by atoms with Gasteiger partial charge < -0.3 is 14.4 Å². The number of carbonyl (C=O) groups excluding carboxylic acids is 1. The minimum Gasteiger partial charge on any atom is -0.435 e. The molecule has 2 aromatic carbocycles. The van der Waals surface area contributed by atoms with Crippen molar-refractivity contribution in [1.29, 1.82) is 0 Å². The molecule has 6 nitrogen and oxygen atoms in total. The van der Waals surface area contributed by atoms with E-state index < -0.39 is 38.0 Å². The number of benzene rings is 2. The van der Waals surface area contributed by atoms with Gasteiger partial charge in [0.15, 0.2) is 0 Å². The van der Waals surface area contributed by atoms with E-state index >= 15 is 0 Å². The first-order valence-corrected chi connectivity index (χ1v) is 12.6. The maximum absolute atomic E-state index is 13.8. The van der Waals surface area contributed by atoms with Gasteiger partial charge in [-0.2, -0.15) is 0 Å². The van der Waals surface area contributed by atoms with E-state index in [1.165, 1.54) is 19.2 Å². The molecule has 1 N–H and O–H groups in total. The summed E-state index contributed by atoms with van der Waals surface area (Å²) in [4.78, 5) is 17.0. The monoisotopic (exact) mass is 497 g/mol. The van der Waals surface area contributed by atoms with Crippen LogP contribution in [0.25, 0.3) is 22.4 Å². The number of halogens is 1. The molecule has 0 bridgehead atoms. The van der Waals surface area contributed by atoms with Crippen molar-refractivity contribution in [3.63, 3.8) is 0 Å². The van der Waals surface area contributed by atoms with Crippen LogP contribution in [-0.4, -0.2) is 29.3 Å². The van der Waals surface area contributed by atoms with E-state index in [0.717, 1.165) is 23.1 Å². The highest BCUT2D eigenvalue weighted by Gasteiger charge is 2.35. The zero-order valence-corrected chi connectivity index (χ0v) is 21.0. The van der Waals surface area contributed by atoms with E-state index in [-0.39, 0.29) is 0 Å². The highest BCUT2D eigenvalue weighted by molar-refractivity contribution is 7.39. The number of aryl methyl sites for hydroxylation is 1. The van der Waals surface area contributed by atoms with Gasteiger partial charge in [0.05, 0.1) is 30.1 Å². The Kier molecular flexibility index (Phi) is 9.10. The molecule has 3 rings (SSSR count). The Morgan fingerprint density at radius 2 is 1.83 bits per heavy atom. The lowest BCUT2D eigenvalue weighted by Crippen LogP contribution is -2.23. The fraction of sp³-hybridized carbons (Fsp3) is 0.259. The van der Waals surface area contributed by atoms with Gasteiger partial charge in [-0.05, 0) is 47.7 Å². The smallest absolute Gasteiger partial charge is 0.313 e. The molecule has 8 heteroatoms. The number of nitrogens with zero attached hydrogens (tertiary/aromatic N) is 1. The fourth-order valence-corrected chi connectivity index (χ4v) is 5.47. The van der Waals surface area contributed by atoms with E-state index in [1.807, 2.05) is 44.2 Å². The first-order valence-electron chi connectivity index (χ1n) is 11.2. The maximum Gasteiger partial charge on any atom is 0.313 e. The molecule has 1 heterocycles. The van der Waals surface area contributed by atoms with Gasteiger partial charge in [0.1, 0.15) is 5.82 Å². The summed E-state index contributed by atoms with van der Waals surface area (Å²) in [5.41, 5.74) is 3.80. The molecule has 3 unspecified atom stereocenters. The molecule has 0 amide bonds. The molecule has 0 spiro atoms. The standard InChI is InChI=1S/C27H29FNO5P/c1-5-21-25(27(35(32)33-4)22(30)16-23(31)34-6-2)24(18-12-14-20(28)15-13-18)17(3)26(29-21)19-10-8-7-9-11-19/h6-15,22,27,30,35H,2,5,16H2,1,3-4H3. The van der Waals surface area contributed by atoms with Crippen LogP contribution in [0.1, 0.15) is 35.8 Å². The van der Waals surface area contributed by atoms with E-state index in [2.05, 4.69) is 6.58 Å². The molecule has 0 aliphatic rings. The lowest BCUT2D eigenvalue weighted by molar-refractivity contribution is -0.140. The van der Waals surface area contributed by atoms with Crippen molar-refractivity contribution in [2.45, 2.75) is 38.5 Å². The number of pyridine rings is 1. The molecule has 3 aromatic rings. The molecule has 184 valence electrons. The predicted octanol–water partition coefficient (Wildman–Crippen LogP) is 6.03. The third kappa shape index (κ3) is 5.93. The highest BCUT2D eigenvalue weighted by Crippen LogP contribution is 2.50. The second-order valence-electron chi connectivity index (χ2n) is 7.98. The Labute approximate surface area is 205 Å². The minimum atomic E-state index is -2.89. The van der Waals surface area contributed by atoms with Crippen LogP contribution in [0.3, 0.4) is 0 Å². The van der Waals surface area contributed by atoms with Crippen molar-refractivity contribution in [3.05, 3.63) is 90.1 Å². The molecule has 0 saturated carbocycles. The molecule has 1 aromatic heterocycles. The second kappa shape index (κ2) is 12.0. The average Bonchev–Trinajstić information content (AvgIpc) is 2.85. The van der Waals surface area contributed by atoms with Crippen LogP contribution in [-0.2, 0) is 25.0 Å². The second-order valence-corrected chi connectivity index (χ2v) is 9.64. The zero-order chi connectivity index (χ0) is 25.5. The number of hydrogen-bond acceptors (Lipinski definition) is 6. The normalized spacial score (nSPS) is 13.6.